The van der Waals surface area contributed by atoms with E-state index in [-0.39, 0.29) is 5.28 Å². The van der Waals surface area contributed by atoms with Gasteiger partial charge < -0.3 is 15.4 Å². The standard InChI is InChI=1S/C10H16ClN5O/c1-3-12-9-14-8(11)15-10(16-9)13-6-4-7(5-6)17-2/h6-7H,3-5H2,1-2H3,(H2,12,13,14,15,16). The fourth-order valence-electron chi connectivity index (χ4n) is 1.71. The van der Waals surface area contributed by atoms with Crippen LogP contribution in [0.1, 0.15) is 19.8 Å². The molecule has 0 radical (unpaired) electrons. The number of aromatic nitrogens is 3. The molecule has 0 aromatic carbocycles. The molecule has 0 bridgehead atoms. The lowest BCUT2D eigenvalue weighted by Crippen LogP contribution is -2.40. The van der Waals surface area contributed by atoms with Gasteiger partial charge in [-0.2, -0.15) is 15.0 Å². The molecule has 0 spiro atoms. The van der Waals surface area contributed by atoms with E-state index in [1.165, 1.54) is 0 Å². The van der Waals surface area contributed by atoms with Gasteiger partial charge in [-0.1, -0.05) is 0 Å². The Morgan fingerprint density at radius 1 is 1.29 bits per heavy atom. The summed E-state index contributed by atoms with van der Waals surface area (Å²) < 4.78 is 5.21. The molecule has 17 heavy (non-hydrogen) atoms. The molecule has 1 aliphatic rings. The van der Waals surface area contributed by atoms with Crippen molar-refractivity contribution in [3.05, 3.63) is 5.28 Å². The van der Waals surface area contributed by atoms with Gasteiger partial charge in [0.05, 0.1) is 6.10 Å². The molecule has 1 saturated carbocycles. The van der Waals surface area contributed by atoms with Crippen molar-refractivity contribution < 1.29 is 4.74 Å². The van der Waals surface area contributed by atoms with Gasteiger partial charge in [0, 0.05) is 19.7 Å². The molecule has 1 aliphatic carbocycles. The number of halogens is 1. The zero-order valence-electron chi connectivity index (χ0n) is 9.90. The molecule has 1 fully saturated rings. The summed E-state index contributed by atoms with van der Waals surface area (Å²) in [6.45, 7) is 2.72. The summed E-state index contributed by atoms with van der Waals surface area (Å²) in [5.41, 5.74) is 0. The van der Waals surface area contributed by atoms with Gasteiger partial charge in [0.25, 0.3) is 0 Å². The highest BCUT2D eigenvalue weighted by molar-refractivity contribution is 6.28. The quantitative estimate of drug-likeness (QED) is 0.834. The number of rotatable bonds is 5. The second-order valence-electron chi connectivity index (χ2n) is 3.95. The minimum atomic E-state index is 0.195. The van der Waals surface area contributed by atoms with Gasteiger partial charge >= 0.3 is 0 Å². The first-order valence-electron chi connectivity index (χ1n) is 5.66. The van der Waals surface area contributed by atoms with Crippen molar-refractivity contribution in [3.8, 4) is 0 Å². The number of anilines is 2. The Labute approximate surface area is 105 Å². The molecule has 0 atom stereocenters. The molecule has 1 aromatic rings. The van der Waals surface area contributed by atoms with Crippen LogP contribution in [0.4, 0.5) is 11.9 Å². The maximum Gasteiger partial charge on any atom is 0.229 e. The normalized spacial score (nSPS) is 23.0. The third kappa shape index (κ3) is 3.17. The van der Waals surface area contributed by atoms with E-state index in [4.69, 9.17) is 16.3 Å². The van der Waals surface area contributed by atoms with Gasteiger partial charge in [0.2, 0.25) is 17.2 Å². The molecule has 0 amide bonds. The lowest BCUT2D eigenvalue weighted by Gasteiger charge is -2.34. The minimum Gasteiger partial charge on any atom is -0.381 e. The fourth-order valence-corrected chi connectivity index (χ4v) is 1.87. The molecule has 94 valence electrons. The first kappa shape index (κ1) is 12.3. The number of hydrogen-bond acceptors (Lipinski definition) is 6. The number of ether oxygens (including phenoxy) is 1. The summed E-state index contributed by atoms with van der Waals surface area (Å²) in [6, 6.07) is 0.355. The molecule has 2 rings (SSSR count). The van der Waals surface area contributed by atoms with Crippen molar-refractivity contribution in [2.75, 3.05) is 24.3 Å². The van der Waals surface area contributed by atoms with Gasteiger partial charge in [0.15, 0.2) is 0 Å². The molecule has 2 N–H and O–H groups in total. The minimum absolute atomic E-state index is 0.195. The van der Waals surface area contributed by atoms with Crippen molar-refractivity contribution in [3.63, 3.8) is 0 Å². The number of hydrogen-bond donors (Lipinski definition) is 2. The lowest BCUT2D eigenvalue weighted by molar-refractivity contribution is 0.0327. The Bertz CT molecular complexity index is 383. The Morgan fingerprint density at radius 2 is 2.00 bits per heavy atom. The van der Waals surface area contributed by atoms with Gasteiger partial charge in [-0.15, -0.1) is 0 Å². The van der Waals surface area contributed by atoms with E-state index in [1.54, 1.807) is 7.11 Å². The fraction of sp³-hybridized carbons (Fsp3) is 0.700. The van der Waals surface area contributed by atoms with Gasteiger partial charge in [-0.05, 0) is 31.4 Å². The Morgan fingerprint density at radius 3 is 2.65 bits per heavy atom. The van der Waals surface area contributed by atoms with Crippen LogP contribution in [0.15, 0.2) is 0 Å². The van der Waals surface area contributed by atoms with Crippen LogP contribution in [-0.2, 0) is 4.74 Å². The summed E-state index contributed by atoms with van der Waals surface area (Å²) in [6.07, 6.45) is 2.28. The average molecular weight is 258 g/mol. The lowest BCUT2D eigenvalue weighted by atomic mass is 9.89. The first-order chi connectivity index (χ1) is 8.21. The highest BCUT2D eigenvalue weighted by Crippen LogP contribution is 2.25. The van der Waals surface area contributed by atoms with Gasteiger partial charge in [-0.25, -0.2) is 0 Å². The predicted molar refractivity (Wildman–Crippen MR) is 66.4 cm³/mol. The Balaban J connectivity index is 1.96. The van der Waals surface area contributed by atoms with Crippen LogP contribution in [0.2, 0.25) is 5.28 Å². The first-order valence-corrected chi connectivity index (χ1v) is 6.03. The molecule has 0 saturated heterocycles. The smallest absolute Gasteiger partial charge is 0.229 e. The summed E-state index contributed by atoms with van der Waals surface area (Å²) in [4.78, 5) is 12.2. The van der Waals surface area contributed by atoms with Crippen molar-refractivity contribution >= 4 is 23.5 Å². The number of nitrogens with one attached hydrogen (secondary N) is 2. The van der Waals surface area contributed by atoms with Crippen LogP contribution >= 0.6 is 11.6 Å². The van der Waals surface area contributed by atoms with Crippen LogP contribution in [0.25, 0.3) is 0 Å². The SMILES string of the molecule is CCNc1nc(Cl)nc(NC2CC(OC)C2)n1. The van der Waals surface area contributed by atoms with Gasteiger partial charge in [-0.3, -0.25) is 0 Å². The third-order valence-corrected chi connectivity index (χ3v) is 2.87. The van der Waals surface area contributed by atoms with Crippen LogP contribution in [0.3, 0.4) is 0 Å². The van der Waals surface area contributed by atoms with Crippen molar-refractivity contribution in [2.24, 2.45) is 0 Å². The van der Waals surface area contributed by atoms with E-state index in [2.05, 4.69) is 25.6 Å². The number of methoxy groups -OCH3 is 1. The molecule has 0 unspecified atom stereocenters. The van der Waals surface area contributed by atoms with E-state index >= 15 is 0 Å². The topological polar surface area (TPSA) is 72.0 Å². The van der Waals surface area contributed by atoms with E-state index in [0.29, 0.717) is 24.0 Å². The molecular formula is C10H16ClN5O. The van der Waals surface area contributed by atoms with Crippen molar-refractivity contribution in [1.29, 1.82) is 0 Å². The van der Waals surface area contributed by atoms with E-state index in [0.717, 1.165) is 19.4 Å². The van der Waals surface area contributed by atoms with Crippen LogP contribution in [0, 0.1) is 0 Å². The Hall–Kier alpha value is -1.14. The van der Waals surface area contributed by atoms with Crippen molar-refractivity contribution in [1.82, 2.24) is 15.0 Å². The average Bonchev–Trinajstić information content (AvgIpc) is 2.22. The summed E-state index contributed by atoms with van der Waals surface area (Å²) in [5.74, 6) is 1.01. The maximum atomic E-state index is 5.82. The highest BCUT2D eigenvalue weighted by atomic mass is 35.5. The largest absolute Gasteiger partial charge is 0.381 e. The summed E-state index contributed by atoms with van der Waals surface area (Å²) in [7, 11) is 1.73. The second-order valence-corrected chi connectivity index (χ2v) is 4.29. The molecule has 7 heteroatoms. The van der Waals surface area contributed by atoms with Crippen LogP contribution in [-0.4, -0.2) is 40.8 Å². The monoisotopic (exact) mass is 257 g/mol. The van der Waals surface area contributed by atoms with Crippen LogP contribution < -0.4 is 10.6 Å². The second kappa shape index (κ2) is 5.46. The van der Waals surface area contributed by atoms with E-state index in [9.17, 15) is 0 Å². The van der Waals surface area contributed by atoms with E-state index in [1.807, 2.05) is 6.92 Å². The Kier molecular flexibility index (Phi) is 3.96. The molecule has 6 nitrogen and oxygen atoms in total. The highest BCUT2D eigenvalue weighted by Gasteiger charge is 2.29. The zero-order valence-corrected chi connectivity index (χ0v) is 10.7. The number of nitrogens with zero attached hydrogens (tertiary/aromatic N) is 3. The zero-order chi connectivity index (χ0) is 12.3. The predicted octanol–water partition coefficient (Wildman–Crippen LogP) is 1.55. The summed E-state index contributed by atoms with van der Waals surface area (Å²) >= 11 is 5.82. The maximum absolute atomic E-state index is 5.82. The molecule has 0 aliphatic heterocycles. The van der Waals surface area contributed by atoms with Crippen LogP contribution in [0.5, 0.6) is 0 Å². The van der Waals surface area contributed by atoms with E-state index < -0.39 is 0 Å². The molecule has 1 heterocycles. The van der Waals surface area contributed by atoms with Gasteiger partial charge in [0.1, 0.15) is 0 Å². The van der Waals surface area contributed by atoms with Crippen molar-refractivity contribution in [2.45, 2.75) is 31.9 Å². The summed E-state index contributed by atoms with van der Waals surface area (Å²) in [5, 5.41) is 6.42. The molecular weight excluding hydrogens is 242 g/mol. The molecule has 1 aromatic heterocycles. The third-order valence-electron chi connectivity index (χ3n) is 2.70.